The monoisotopic (exact) mass is 252 g/mol. The van der Waals surface area contributed by atoms with E-state index in [1.807, 2.05) is 18.3 Å². The maximum absolute atomic E-state index is 4.39. The molecule has 1 heterocycles. The van der Waals surface area contributed by atoms with Gasteiger partial charge < -0.3 is 5.32 Å². The topological polar surface area (TPSA) is 24.9 Å². The van der Waals surface area contributed by atoms with Crippen LogP contribution in [-0.2, 0) is 19.4 Å². The van der Waals surface area contributed by atoms with Gasteiger partial charge in [0, 0.05) is 18.8 Å². The Morgan fingerprint density at radius 3 is 2.89 bits per heavy atom. The van der Waals surface area contributed by atoms with E-state index in [1.54, 1.807) is 11.1 Å². The number of rotatable bonds is 4. The maximum atomic E-state index is 4.39. The molecule has 0 radical (unpaired) electrons. The van der Waals surface area contributed by atoms with Crippen LogP contribution in [0.2, 0.25) is 0 Å². The second-order valence-electron chi connectivity index (χ2n) is 5.31. The minimum absolute atomic E-state index is 0.287. The highest BCUT2D eigenvalue weighted by Gasteiger charge is 2.11. The molecule has 98 valence electrons. The van der Waals surface area contributed by atoms with Crippen LogP contribution in [0.15, 0.2) is 42.6 Å². The molecule has 1 aliphatic rings. The molecule has 2 heteroatoms. The molecule has 1 aromatic heterocycles. The van der Waals surface area contributed by atoms with Crippen molar-refractivity contribution in [2.24, 2.45) is 0 Å². The SMILES string of the molecule is CC(NCc1ccc2c(c1)CCC2)c1ccccn1. The van der Waals surface area contributed by atoms with Crippen molar-refractivity contribution in [3.8, 4) is 0 Å². The van der Waals surface area contributed by atoms with Crippen molar-refractivity contribution in [1.29, 1.82) is 0 Å². The normalized spacial score (nSPS) is 15.2. The third-order valence-corrected chi connectivity index (χ3v) is 3.91. The Bertz CT molecular complexity index is 548. The minimum Gasteiger partial charge on any atom is -0.305 e. The molecule has 1 atom stereocenters. The predicted octanol–water partition coefficient (Wildman–Crippen LogP) is 3.42. The minimum atomic E-state index is 0.287. The first kappa shape index (κ1) is 12.4. The van der Waals surface area contributed by atoms with Gasteiger partial charge in [0.15, 0.2) is 0 Å². The molecule has 19 heavy (non-hydrogen) atoms. The van der Waals surface area contributed by atoms with Gasteiger partial charge in [0.2, 0.25) is 0 Å². The first-order chi connectivity index (χ1) is 9.33. The first-order valence-corrected chi connectivity index (χ1v) is 7.08. The van der Waals surface area contributed by atoms with Crippen LogP contribution in [0.3, 0.4) is 0 Å². The summed E-state index contributed by atoms with van der Waals surface area (Å²) < 4.78 is 0. The Kier molecular flexibility index (Phi) is 3.60. The summed E-state index contributed by atoms with van der Waals surface area (Å²) in [6.45, 7) is 3.07. The second-order valence-corrected chi connectivity index (χ2v) is 5.31. The number of hydrogen-bond acceptors (Lipinski definition) is 2. The van der Waals surface area contributed by atoms with Crippen molar-refractivity contribution < 1.29 is 0 Å². The fraction of sp³-hybridized carbons (Fsp3) is 0.353. The van der Waals surface area contributed by atoms with Gasteiger partial charge in [-0.3, -0.25) is 4.98 Å². The lowest BCUT2D eigenvalue weighted by atomic mass is 10.1. The summed E-state index contributed by atoms with van der Waals surface area (Å²) in [6.07, 6.45) is 5.67. The highest BCUT2D eigenvalue weighted by Crippen LogP contribution is 2.23. The number of aromatic nitrogens is 1. The van der Waals surface area contributed by atoms with Crippen molar-refractivity contribution in [3.05, 3.63) is 65.0 Å². The number of aryl methyl sites for hydroxylation is 2. The lowest BCUT2D eigenvalue weighted by molar-refractivity contribution is 0.561. The van der Waals surface area contributed by atoms with Gasteiger partial charge in [0.25, 0.3) is 0 Å². The molecule has 0 amide bonds. The van der Waals surface area contributed by atoms with Crippen LogP contribution < -0.4 is 5.32 Å². The van der Waals surface area contributed by atoms with E-state index in [4.69, 9.17) is 0 Å². The highest BCUT2D eigenvalue weighted by atomic mass is 14.9. The average Bonchev–Trinajstić information content (AvgIpc) is 2.93. The zero-order valence-corrected chi connectivity index (χ0v) is 11.4. The lowest BCUT2D eigenvalue weighted by Crippen LogP contribution is -2.19. The number of fused-ring (bicyclic) bond motifs is 1. The van der Waals surface area contributed by atoms with Crippen LogP contribution >= 0.6 is 0 Å². The Morgan fingerprint density at radius 2 is 2.05 bits per heavy atom. The number of nitrogens with one attached hydrogen (secondary N) is 1. The number of hydrogen-bond donors (Lipinski definition) is 1. The Morgan fingerprint density at radius 1 is 1.16 bits per heavy atom. The molecule has 2 nitrogen and oxygen atoms in total. The summed E-state index contributed by atoms with van der Waals surface area (Å²) in [7, 11) is 0. The van der Waals surface area contributed by atoms with E-state index >= 15 is 0 Å². The van der Waals surface area contributed by atoms with E-state index in [0.29, 0.717) is 0 Å². The third kappa shape index (κ3) is 2.85. The van der Waals surface area contributed by atoms with E-state index in [2.05, 4.69) is 41.5 Å². The summed E-state index contributed by atoms with van der Waals surface area (Å²) in [6, 6.07) is 13.3. The molecule has 1 aromatic carbocycles. The molecule has 0 saturated carbocycles. The number of benzene rings is 1. The van der Waals surface area contributed by atoms with Gasteiger partial charge in [-0.2, -0.15) is 0 Å². The van der Waals surface area contributed by atoms with E-state index in [0.717, 1.165) is 12.2 Å². The molecule has 0 bridgehead atoms. The van der Waals surface area contributed by atoms with Gasteiger partial charge in [-0.05, 0) is 55.0 Å². The van der Waals surface area contributed by atoms with Crippen LogP contribution in [0.1, 0.15) is 41.8 Å². The molecule has 0 saturated heterocycles. The molecule has 1 unspecified atom stereocenters. The molecule has 3 rings (SSSR count). The highest BCUT2D eigenvalue weighted by molar-refractivity contribution is 5.35. The Balaban J connectivity index is 1.63. The van der Waals surface area contributed by atoms with Crippen LogP contribution in [0.4, 0.5) is 0 Å². The molecular formula is C17H20N2. The van der Waals surface area contributed by atoms with Crippen molar-refractivity contribution >= 4 is 0 Å². The summed E-state index contributed by atoms with van der Waals surface area (Å²) in [5.74, 6) is 0. The fourth-order valence-electron chi connectivity index (χ4n) is 2.74. The van der Waals surface area contributed by atoms with Gasteiger partial charge in [0.1, 0.15) is 0 Å². The summed E-state index contributed by atoms with van der Waals surface area (Å²) >= 11 is 0. The third-order valence-electron chi connectivity index (χ3n) is 3.91. The predicted molar refractivity (Wildman–Crippen MR) is 78.0 cm³/mol. The zero-order chi connectivity index (χ0) is 13.1. The summed E-state index contributed by atoms with van der Waals surface area (Å²) in [4.78, 5) is 4.39. The Hall–Kier alpha value is -1.67. The standard InChI is InChI=1S/C17H20N2/c1-13(17-7-2-3-10-18-17)19-12-14-8-9-15-5-4-6-16(15)11-14/h2-3,7-11,13,19H,4-6,12H2,1H3. The molecule has 2 aromatic rings. The first-order valence-electron chi connectivity index (χ1n) is 7.08. The smallest absolute Gasteiger partial charge is 0.0570 e. The van der Waals surface area contributed by atoms with E-state index < -0.39 is 0 Å². The van der Waals surface area contributed by atoms with Gasteiger partial charge in [-0.15, -0.1) is 0 Å². The molecule has 0 spiro atoms. The van der Waals surface area contributed by atoms with Crippen molar-refractivity contribution in [3.63, 3.8) is 0 Å². The van der Waals surface area contributed by atoms with E-state index in [1.165, 1.54) is 24.8 Å². The van der Waals surface area contributed by atoms with E-state index in [9.17, 15) is 0 Å². The van der Waals surface area contributed by atoms with Crippen LogP contribution in [0.25, 0.3) is 0 Å². The molecular weight excluding hydrogens is 232 g/mol. The van der Waals surface area contributed by atoms with Crippen LogP contribution in [-0.4, -0.2) is 4.98 Å². The van der Waals surface area contributed by atoms with Crippen molar-refractivity contribution in [2.75, 3.05) is 0 Å². The Labute approximate surface area is 114 Å². The summed E-state index contributed by atoms with van der Waals surface area (Å²) in [5, 5.41) is 3.54. The quantitative estimate of drug-likeness (QED) is 0.902. The number of nitrogens with zero attached hydrogens (tertiary/aromatic N) is 1. The van der Waals surface area contributed by atoms with Crippen LogP contribution in [0.5, 0.6) is 0 Å². The van der Waals surface area contributed by atoms with Crippen molar-refractivity contribution in [2.45, 2.75) is 38.8 Å². The fourth-order valence-corrected chi connectivity index (χ4v) is 2.74. The maximum Gasteiger partial charge on any atom is 0.0570 e. The summed E-state index contributed by atoms with van der Waals surface area (Å²) in [5.41, 5.74) is 5.57. The molecule has 0 aliphatic heterocycles. The lowest BCUT2D eigenvalue weighted by Gasteiger charge is -2.13. The van der Waals surface area contributed by atoms with Gasteiger partial charge >= 0.3 is 0 Å². The second kappa shape index (κ2) is 5.54. The molecule has 0 fully saturated rings. The number of pyridine rings is 1. The largest absolute Gasteiger partial charge is 0.305 e. The van der Waals surface area contributed by atoms with Gasteiger partial charge in [0.05, 0.1) is 5.69 Å². The molecule has 1 aliphatic carbocycles. The van der Waals surface area contributed by atoms with Gasteiger partial charge in [-0.1, -0.05) is 24.3 Å². The van der Waals surface area contributed by atoms with Gasteiger partial charge in [-0.25, -0.2) is 0 Å². The van der Waals surface area contributed by atoms with Crippen molar-refractivity contribution in [1.82, 2.24) is 10.3 Å². The zero-order valence-electron chi connectivity index (χ0n) is 11.4. The average molecular weight is 252 g/mol. The molecule has 1 N–H and O–H groups in total. The van der Waals surface area contributed by atoms with E-state index in [-0.39, 0.29) is 6.04 Å². The van der Waals surface area contributed by atoms with Crippen LogP contribution in [0, 0.1) is 0 Å².